The summed E-state index contributed by atoms with van der Waals surface area (Å²) in [5.41, 5.74) is 7.78. The molecule has 3 aromatic rings. The summed E-state index contributed by atoms with van der Waals surface area (Å²) in [6.45, 7) is 0.830. The number of carbonyl (C=O) groups excluding carboxylic acids is 1. The fourth-order valence-corrected chi connectivity index (χ4v) is 6.00. The zero-order valence-electron chi connectivity index (χ0n) is 20.4. The van der Waals surface area contributed by atoms with Crippen LogP contribution in [0.1, 0.15) is 53.1 Å². The van der Waals surface area contributed by atoms with Crippen molar-refractivity contribution in [2.45, 2.75) is 63.1 Å². The second-order valence-corrected chi connectivity index (χ2v) is 9.75. The predicted octanol–water partition coefficient (Wildman–Crippen LogP) is 5.33. The molecule has 5 rings (SSSR count). The first-order valence-electron chi connectivity index (χ1n) is 12.4. The number of nitrogens with two attached hydrogens (primary N) is 1. The van der Waals surface area contributed by atoms with E-state index in [2.05, 4.69) is 4.74 Å². The molecule has 2 unspecified atom stereocenters. The van der Waals surface area contributed by atoms with Crippen molar-refractivity contribution in [3.63, 3.8) is 0 Å². The van der Waals surface area contributed by atoms with Gasteiger partial charge in [-0.05, 0) is 54.9 Å². The van der Waals surface area contributed by atoms with Crippen molar-refractivity contribution < 1.29 is 31.8 Å². The minimum atomic E-state index is -4.87. The van der Waals surface area contributed by atoms with Crippen LogP contribution in [0.25, 0.3) is 10.9 Å². The van der Waals surface area contributed by atoms with Crippen LogP contribution in [0, 0.1) is 5.82 Å². The highest BCUT2D eigenvalue weighted by Gasteiger charge is 2.45. The molecule has 6 nitrogen and oxygen atoms in total. The molecule has 0 radical (unpaired) electrons. The Kier molecular flexibility index (Phi) is 6.89. The summed E-state index contributed by atoms with van der Waals surface area (Å²) in [7, 11) is 1.50. The van der Waals surface area contributed by atoms with Crippen LogP contribution in [-0.2, 0) is 17.8 Å². The predicted molar refractivity (Wildman–Crippen MR) is 130 cm³/mol. The Morgan fingerprint density at radius 1 is 1.14 bits per heavy atom. The third-order valence-electron chi connectivity index (χ3n) is 7.56. The van der Waals surface area contributed by atoms with E-state index in [9.17, 15) is 22.4 Å². The van der Waals surface area contributed by atoms with Crippen LogP contribution in [-0.4, -0.2) is 47.5 Å². The first kappa shape index (κ1) is 25.5. The van der Waals surface area contributed by atoms with E-state index in [1.807, 2.05) is 11.0 Å². The van der Waals surface area contributed by atoms with Gasteiger partial charge in [0.2, 0.25) is 0 Å². The SMILES string of the molecule is COCCn1cc(C(=O)N2C3CCC2CC(c2cc(CN)ccc2F)C3)c2cccc(OC(F)(F)F)c21. The lowest BCUT2D eigenvalue weighted by molar-refractivity contribution is -0.274. The van der Waals surface area contributed by atoms with Gasteiger partial charge in [-0.15, -0.1) is 13.2 Å². The average Bonchev–Trinajstić information content (AvgIpc) is 3.36. The maximum Gasteiger partial charge on any atom is 0.573 e. The molecule has 2 aromatic carbocycles. The highest BCUT2D eigenvalue weighted by molar-refractivity contribution is 6.08. The van der Waals surface area contributed by atoms with Crippen LogP contribution in [0.5, 0.6) is 5.75 Å². The van der Waals surface area contributed by atoms with E-state index >= 15 is 0 Å². The number of benzene rings is 2. The fourth-order valence-electron chi connectivity index (χ4n) is 6.00. The molecule has 0 spiro atoms. The second-order valence-electron chi connectivity index (χ2n) is 9.75. The highest BCUT2D eigenvalue weighted by Crippen LogP contribution is 2.45. The number of ether oxygens (including phenoxy) is 2. The topological polar surface area (TPSA) is 69.7 Å². The molecular formula is C27H29F4N3O3. The van der Waals surface area contributed by atoms with E-state index in [1.54, 1.807) is 22.9 Å². The Hall–Kier alpha value is -3.11. The molecule has 0 aliphatic carbocycles. The van der Waals surface area contributed by atoms with Gasteiger partial charge in [0, 0.05) is 43.9 Å². The monoisotopic (exact) mass is 519 g/mol. The molecule has 2 aliphatic rings. The normalized spacial score (nSPS) is 21.6. The first-order valence-corrected chi connectivity index (χ1v) is 12.4. The Morgan fingerprint density at radius 3 is 2.51 bits per heavy atom. The Balaban J connectivity index is 1.47. The molecule has 2 fully saturated rings. The van der Waals surface area contributed by atoms with Gasteiger partial charge in [-0.2, -0.15) is 0 Å². The molecule has 3 heterocycles. The number of para-hydroxylation sites is 1. The number of aromatic nitrogens is 1. The van der Waals surface area contributed by atoms with Crippen molar-refractivity contribution in [3.05, 3.63) is 65.1 Å². The van der Waals surface area contributed by atoms with Crippen molar-refractivity contribution >= 4 is 16.8 Å². The number of methoxy groups -OCH3 is 1. The van der Waals surface area contributed by atoms with Gasteiger partial charge in [0.1, 0.15) is 5.82 Å². The molecule has 2 N–H and O–H groups in total. The van der Waals surface area contributed by atoms with Crippen molar-refractivity contribution in [2.24, 2.45) is 5.73 Å². The first-order chi connectivity index (χ1) is 17.7. The molecule has 10 heteroatoms. The van der Waals surface area contributed by atoms with Gasteiger partial charge in [-0.3, -0.25) is 4.79 Å². The highest BCUT2D eigenvalue weighted by atomic mass is 19.4. The van der Waals surface area contributed by atoms with Crippen LogP contribution in [0.2, 0.25) is 0 Å². The maximum absolute atomic E-state index is 14.7. The van der Waals surface area contributed by atoms with Crippen LogP contribution >= 0.6 is 0 Å². The fraction of sp³-hybridized carbons (Fsp3) is 0.444. The van der Waals surface area contributed by atoms with Gasteiger partial charge in [0.25, 0.3) is 5.91 Å². The summed E-state index contributed by atoms with van der Waals surface area (Å²) in [4.78, 5) is 15.8. The Bertz CT molecular complexity index is 1290. The van der Waals surface area contributed by atoms with Crippen molar-refractivity contribution in [1.29, 1.82) is 0 Å². The standard InChI is InChI=1S/C27H29F4N3O3/c1-36-10-9-33-15-22(20-3-2-4-24(25(20)33)37-27(29,30)31)26(35)34-18-6-7-19(34)13-17(12-18)21-11-16(14-32)5-8-23(21)28/h2-5,8,11,15,17-19H,6-7,9-10,12-14,32H2,1H3. The van der Waals surface area contributed by atoms with Gasteiger partial charge in [-0.1, -0.05) is 24.3 Å². The average molecular weight is 520 g/mol. The van der Waals surface area contributed by atoms with Crippen molar-refractivity contribution in [3.8, 4) is 5.75 Å². The van der Waals surface area contributed by atoms with Crippen molar-refractivity contribution in [1.82, 2.24) is 9.47 Å². The molecule has 0 saturated carbocycles. The number of piperidine rings is 1. The molecule has 2 aliphatic heterocycles. The second kappa shape index (κ2) is 9.98. The molecule has 37 heavy (non-hydrogen) atoms. The maximum atomic E-state index is 14.7. The summed E-state index contributed by atoms with van der Waals surface area (Å²) in [5, 5.41) is 0.395. The van der Waals surface area contributed by atoms with E-state index in [0.717, 1.165) is 18.4 Å². The van der Waals surface area contributed by atoms with Crippen molar-refractivity contribution in [2.75, 3.05) is 13.7 Å². The zero-order valence-corrected chi connectivity index (χ0v) is 20.4. The molecule has 1 aromatic heterocycles. The van der Waals surface area contributed by atoms with Gasteiger partial charge in [0.05, 0.1) is 17.7 Å². The quantitative estimate of drug-likeness (QED) is 0.428. The van der Waals surface area contributed by atoms with E-state index in [4.69, 9.17) is 10.5 Å². The summed E-state index contributed by atoms with van der Waals surface area (Å²) in [6.07, 6.45) is -0.432. The van der Waals surface area contributed by atoms with Crippen LogP contribution in [0.3, 0.4) is 0 Å². The number of alkyl halides is 3. The Labute approximate surface area is 211 Å². The van der Waals surface area contributed by atoms with Gasteiger partial charge in [-0.25, -0.2) is 4.39 Å². The summed E-state index contributed by atoms with van der Waals surface area (Å²) < 4.78 is 65.0. The van der Waals surface area contributed by atoms with Gasteiger partial charge in [0.15, 0.2) is 5.75 Å². The van der Waals surface area contributed by atoms with Gasteiger partial charge >= 0.3 is 6.36 Å². The Morgan fingerprint density at radius 2 is 1.86 bits per heavy atom. The third kappa shape index (κ3) is 4.92. The number of fused-ring (bicyclic) bond motifs is 3. The minimum Gasteiger partial charge on any atom is -0.404 e. The summed E-state index contributed by atoms with van der Waals surface area (Å²) in [6, 6.07) is 9.13. The molecule has 198 valence electrons. The van der Waals surface area contributed by atoms with Gasteiger partial charge < -0.3 is 24.7 Å². The lowest BCUT2D eigenvalue weighted by Gasteiger charge is -2.39. The third-order valence-corrected chi connectivity index (χ3v) is 7.56. The van der Waals surface area contributed by atoms with E-state index in [1.165, 1.54) is 25.3 Å². The molecule has 1 amide bonds. The molecular weight excluding hydrogens is 490 g/mol. The van der Waals surface area contributed by atoms with E-state index in [0.29, 0.717) is 35.9 Å². The lowest BCUT2D eigenvalue weighted by atomic mass is 9.84. The van der Waals surface area contributed by atoms with Crippen LogP contribution in [0.15, 0.2) is 42.6 Å². The smallest absolute Gasteiger partial charge is 0.404 e. The number of halogens is 4. The number of carbonyl (C=O) groups is 1. The van der Waals surface area contributed by atoms with E-state index in [-0.39, 0.29) is 54.1 Å². The number of amides is 1. The van der Waals surface area contributed by atoms with Crippen LogP contribution in [0.4, 0.5) is 17.6 Å². The number of hydrogen-bond donors (Lipinski definition) is 1. The van der Waals surface area contributed by atoms with E-state index < -0.39 is 6.36 Å². The largest absolute Gasteiger partial charge is 0.573 e. The summed E-state index contributed by atoms with van der Waals surface area (Å²) >= 11 is 0. The molecule has 2 saturated heterocycles. The summed E-state index contributed by atoms with van der Waals surface area (Å²) in [5.74, 6) is -0.882. The molecule has 2 atom stereocenters. The zero-order chi connectivity index (χ0) is 26.3. The number of nitrogens with zero attached hydrogens (tertiary/aromatic N) is 2. The number of rotatable bonds is 7. The molecule has 2 bridgehead atoms. The lowest BCUT2D eigenvalue weighted by Crippen LogP contribution is -2.46. The minimum absolute atomic E-state index is 0.0251. The number of hydrogen-bond acceptors (Lipinski definition) is 4. The van der Waals surface area contributed by atoms with Crippen LogP contribution < -0.4 is 10.5 Å².